The lowest BCUT2D eigenvalue weighted by atomic mass is 9.58. The maximum Gasteiger partial charge on any atom is 0.455 e. The molecule has 2 saturated heterocycles. The molecule has 39 heavy (non-hydrogen) atoms. The molecule has 0 saturated carbocycles. The Hall–Kier alpha value is -3.16. The van der Waals surface area contributed by atoms with Crippen LogP contribution in [0.3, 0.4) is 0 Å². The minimum absolute atomic E-state index is 0.0587. The standard InChI is InChI=1S/C32H38BNO5/c1-5-13-34-31(36)25-16-19(2)28-26(29(25)32(34)37)18-33(38)39-27(28)12-11-24(23-9-7-6-8-10-23)17-22-14-20(3)30(35)21(4)15-22/h6-10,14-15,17,25-27,29,35,38H,5,11-13,16,18H2,1-4H3/b24-17-/t25-,26+,27-,29-/m1/s1. The molecule has 2 amide bonds. The zero-order valence-electron chi connectivity index (χ0n) is 23.3. The van der Waals surface area contributed by atoms with Crippen LogP contribution < -0.4 is 0 Å². The van der Waals surface area contributed by atoms with Gasteiger partial charge in [0.05, 0.1) is 17.9 Å². The minimum atomic E-state index is -0.968. The smallest absolute Gasteiger partial charge is 0.455 e. The SMILES string of the molecule is CCCN1C(=O)[C@@H]2[C@@H](CC(C)=C3[C@@H](CC/C(=C/c4cc(C)c(O)c(C)c4)c4ccccc4)OB(O)C[C@@H]32)C1=O. The zero-order chi connectivity index (χ0) is 27.8. The highest BCUT2D eigenvalue weighted by atomic mass is 16.5. The molecule has 1 aliphatic carbocycles. The average Bonchev–Trinajstić information content (AvgIpc) is 3.14. The Morgan fingerprint density at radius 2 is 1.77 bits per heavy atom. The normalized spacial score (nSPS) is 25.3. The number of rotatable bonds is 7. The van der Waals surface area contributed by atoms with E-state index in [1.165, 1.54) is 4.90 Å². The van der Waals surface area contributed by atoms with Gasteiger partial charge in [0.15, 0.2) is 0 Å². The fourth-order valence-electron chi connectivity index (χ4n) is 6.94. The third-order valence-corrected chi connectivity index (χ3v) is 8.67. The first kappa shape index (κ1) is 27.4. The summed E-state index contributed by atoms with van der Waals surface area (Å²) in [6, 6.07) is 14.2. The van der Waals surface area contributed by atoms with E-state index in [0.29, 0.717) is 37.9 Å². The van der Waals surface area contributed by atoms with Crippen molar-refractivity contribution in [1.82, 2.24) is 4.90 Å². The number of benzene rings is 2. The summed E-state index contributed by atoms with van der Waals surface area (Å²) < 4.78 is 6.13. The molecular formula is C32H38BNO5. The number of aromatic hydroxyl groups is 1. The molecule has 2 N–H and O–H groups in total. The van der Waals surface area contributed by atoms with Crippen molar-refractivity contribution in [1.29, 1.82) is 0 Å². The van der Waals surface area contributed by atoms with Crippen LogP contribution in [0.4, 0.5) is 0 Å². The molecule has 2 aromatic rings. The van der Waals surface area contributed by atoms with Gasteiger partial charge >= 0.3 is 7.12 Å². The number of carbonyl (C=O) groups is 2. The van der Waals surface area contributed by atoms with E-state index in [1.54, 1.807) is 0 Å². The molecule has 2 aromatic carbocycles. The van der Waals surface area contributed by atoms with Crippen molar-refractivity contribution in [2.45, 2.75) is 65.8 Å². The van der Waals surface area contributed by atoms with Crippen LogP contribution in [-0.2, 0) is 14.2 Å². The van der Waals surface area contributed by atoms with E-state index in [4.69, 9.17) is 4.65 Å². The van der Waals surface area contributed by atoms with Crippen LogP contribution in [0.2, 0.25) is 6.32 Å². The van der Waals surface area contributed by atoms with E-state index >= 15 is 0 Å². The number of carbonyl (C=O) groups excluding carboxylic acids is 2. The summed E-state index contributed by atoms with van der Waals surface area (Å²) in [5.74, 6) is -0.739. The van der Waals surface area contributed by atoms with E-state index < -0.39 is 13.0 Å². The van der Waals surface area contributed by atoms with Gasteiger partial charge in [0.2, 0.25) is 11.8 Å². The molecule has 3 aliphatic rings. The number of imide groups is 1. The minimum Gasteiger partial charge on any atom is -0.507 e. The second-order valence-corrected chi connectivity index (χ2v) is 11.4. The van der Waals surface area contributed by atoms with Crippen molar-refractivity contribution in [3.8, 4) is 5.75 Å². The van der Waals surface area contributed by atoms with Gasteiger partial charge in [-0.2, -0.15) is 0 Å². The van der Waals surface area contributed by atoms with Crippen molar-refractivity contribution in [2.24, 2.45) is 17.8 Å². The molecule has 2 heterocycles. The van der Waals surface area contributed by atoms with Crippen molar-refractivity contribution in [3.63, 3.8) is 0 Å². The first-order valence-electron chi connectivity index (χ1n) is 14.1. The number of nitrogens with zero attached hydrogens (tertiary/aromatic N) is 1. The molecule has 0 bridgehead atoms. The third-order valence-electron chi connectivity index (χ3n) is 8.67. The van der Waals surface area contributed by atoms with E-state index in [-0.39, 0.29) is 29.8 Å². The summed E-state index contributed by atoms with van der Waals surface area (Å²) in [5.41, 5.74) is 7.15. The largest absolute Gasteiger partial charge is 0.507 e. The van der Waals surface area contributed by atoms with Gasteiger partial charge in [0.25, 0.3) is 0 Å². The second kappa shape index (κ2) is 11.1. The van der Waals surface area contributed by atoms with Crippen LogP contribution in [0.15, 0.2) is 53.6 Å². The van der Waals surface area contributed by atoms with Gasteiger partial charge < -0.3 is 14.8 Å². The summed E-state index contributed by atoms with van der Waals surface area (Å²) >= 11 is 0. The van der Waals surface area contributed by atoms with Gasteiger partial charge in [-0.15, -0.1) is 0 Å². The van der Waals surface area contributed by atoms with Crippen molar-refractivity contribution < 1.29 is 24.4 Å². The van der Waals surface area contributed by atoms with Gasteiger partial charge in [0.1, 0.15) is 5.75 Å². The van der Waals surface area contributed by atoms with Crippen LogP contribution >= 0.6 is 0 Å². The maximum absolute atomic E-state index is 13.4. The van der Waals surface area contributed by atoms with E-state index in [1.807, 2.05) is 51.1 Å². The molecule has 5 rings (SSSR count). The number of hydrogen-bond acceptors (Lipinski definition) is 5. The van der Waals surface area contributed by atoms with Crippen LogP contribution in [0.25, 0.3) is 11.6 Å². The van der Waals surface area contributed by atoms with E-state index in [9.17, 15) is 19.7 Å². The summed E-state index contributed by atoms with van der Waals surface area (Å²) in [5, 5.41) is 21.0. The monoisotopic (exact) mass is 527 g/mol. The van der Waals surface area contributed by atoms with Crippen LogP contribution in [-0.4, -0.2) is 46.6 Å². The predicted molar refractivity (Wildman–Crippen MR) is 154 cm³/mol. The van der Waals surface area contributed by atoms with Crippen molar-refractivity contribution in [3.05, 3.63) is 75.9 Å². The fourth-order valence-corrected chi connectivity index (χ4v) is 6.94. The topological polar surface area (TPSA) is 87.1 Å². The number of phenolic OH excluding ortho intramolecular Hbond substituents is 1. The molecule has 2 aliphatic heterocycles. The highest BCUT2D eigenvalue weighted by Crippen LogP contribution is 2.50. The third kappa shape index (κ3) is 5.22. The summed E-state index contributed by atoms with van der Waals surface area (Å²) in [4.78, 5) is 27.9. The van der Waals surface area contributed by atoms with Gasteiger partial charge in [-0.25, -0.2) is 0 Å². The van der Waals surface area contributed by atoms with Gasteiger partial charge in [0, 0.05) is 6.54 Å². The van der Waals surface area contributed by atoms with Gasteiger partial charge in [-0.1, -0.05) is 48.9 Å². The lowest BCUT2D eigenvalue weighted by Gasteiger charge is -2.42. The van der Waals surface area contributed by atoms with Crippen molar-refractivity contribution >= 4 is 30.6 Å². The lowest BCUT2D eigenvalue weighted by Crippen LogP contribution is -2.46. The van der Waals surface area contributed by atoms with Gasteiger partial charge in [-0.05, 0) is 104 Å². The number of likely N-dealkylation sites (tertiary alicyclic amines) is 1. The lowest BCUT2D eigenvalue weighted by molar-refractivity contribution is -0.140. The second-order valence-electron chi connectivity index (χ2n) is 11.4. The molecule has 204 valence electrons. The summed E-state index contributed by atoms with van der Waals surface area (Å²) in [6.07, 6.45) is 4.84. The summed E-state index contributed by atoms with van der Waals surface area (Å²) in [7, 11) is -0.968. The Morgan fingerprint density at radius 1 is 1.08 bits per heavy atom. The quantitative estimate of drug-likeness (QED) is 0.213. The first-order valence-corrected chi connectivity index (χ1v) is 14.1. The molecule has 0 aromatic heterocycles. The zero-order valence-corrected chi connectivity index (χ0v) is 23.3. The Morgan fingerprint density at radius 3 is 2.44 bits per heavy atom. The molecule has 0 unspecified atom stereocenters. The molecule has 4 atom stereocenters. The number of aryl methyl sites for hydroxylation is 2. The number of allylic oxidation sites excluding steroid dienone is 2. The van der Waals surface area contributed by atoms with E-state index in [0.717, 1.165) is 45.4 Å². The van der Waals surface area contributed by atoms with Crippen LogP contribution in [0.5, 0.6) is 5.75 Å². The van der Waals surface area contributed by atoms with E-state index in [2.05, 4.69) is 25.1 Å². The highest BCUT2D eigenvalue weighted by molar-refractivity contribution is 6.43. The Labute approximate surface area is 231 Å². The van der Waals surface area contributed by atoms with Crippen LogP contribution in [0.1, 0.15) is 61.8 Å². The first-order chi connectivity index (χ1) is 18.7. The molecule has 7 heteroatoms. The van der Waals surface area contributed by atoms with Crippen molar-refractivity contribution in [2.75, 3.05) is 6.54 Å². The maximum atomic E-state index is 13.4. The number of phenols is 1. The van der Waals surface area contributed by atoms with Crippen LogP contribution in [0, 0.1) is 31.6 Å². The fraction of sp³-hybridized carbons (Fsp3) is 0.438. The van der Waals surface area contributed by atoms with Gasteiger partial charge in [-0.3, -0.25) is 14.5 Å². The Balaban J connectivity index is 1.44. The molecule has 0 spiro atoms. The number of amides is 2. The predicted octanol–water partition coefficient (Wildman–Crippen LogP) is 5.56. The number of hydrogen-bond donors (Lipinski definition) is 2. The summed E-state index contributed by atoms with van der Waals surface area (Å²) in [6.45, 7) is 8.30. The molecule has 2 fully saturated rings. The number of fused-ring (bicyclic) bond motifs is 3. The molecular weight excluding hydrogens is 489 g/mol. The highest BCUT2D eigenvalue weighted by Gasteiger charge is 2.56. The Kier molecular flexibility index (Phi) is 7.83. The molecule has 6 nitrogen and oxygen atoms in total. The Bertz CT molecular complexity index is 1310. The molecule has 0 radical (unpaired) electrons. The average molecular weight is 527 g/mol.